The first-order valence-electron chi connectivity index (χ1n) is 3.37. The molecule has 0 unspecified atom stereocenters. The van der Waals surface area contributed by atoms with Gasteiger partial charge in [-0.15, -0.1) is 0 Å². The fourth-order valence-corrected chi connectivity index (χ4v) is 1.86. The molecule has 1 rings (SSSR count). The van der Waals surface area contributed by atoms with Crippen LogP contribution >= 0.6 is 22.6 Å². The molecule has 70 valence electrons. The third kappa shape index (κ3) is 1.49. The largest absolute Gasteiger partial charge is 0.389 e. The maximum absolute atomic E-state index is 11.0. The van der Waals surface area contributed by atoms with E-state index in [0.717, 1.165) is 0 Å². The van der Waals surface area contributed by atoms with Crippen molar-refractivity contribution in [2.24, 2.45) is 0 Å². The van der Waals surface area contributed by atoms with Gasteiger partial charge in [-0.2, -0.15) is 0 Å². The molecule has 1 aliphatic carbocycles. The highest BCUT2D eigenvalue weighted by molar-refractivity contribution is 14.1. The first-order valence-corrected chi connectivity index (χ1v) is 4.61. The number of ketones is 1. The predicted octanol–water partition coefficient (Wildman–Crippen LogP) is -2.18. The molecule has 0 amide bonds. The summed E-state index contributed by atoms with van der Waals surface area (Å²) in [6, 6.07) is 0. The lowest BCUT2D eigenvalue weighted by atomic mass is 9.89. The molecule has 1 fully saturated rings. The smallest absolute Gasteiger partial charge is 0.179 e. The number of alkyl halides is 1. The zero-order valence-electron chi connectivity index (χ0n) is 5.96. The molecule has 0 aromatic carbocycles. The van der Waals surface area contributed by atoms with E-state index in [1.165, 1.54) is 0 Å². The van der Waals surface area contributed by atoms with E-state index in [2.05, 4.69) is 0 Å². The Morgan fingerprint density at radius 1 is 1.00 bits per heavy atom. The first-order chi connectivity index (χ1) is 5.46. The van der Waals surface area contributed by atoms with Gasteiger partial charge in [-0.05, 0) is 0 Å². The Hall–Kier alpha value is 0.240. The summed E-state index contributed by atoms with van der Waals surface area (Å²) in [4.78, 5) is 11.0. The second kappa shape index (κ2) is 3.54. The van der Waals surface area contributed by atoms with Crippen LogP contribution in [-0.2, 0) is 4.79 Å². The molecule has 6 heteroatoms. The summed E-state index contributed by atoms with van der Waals surface area (Å²) in [7, 11) is 0. The monoisotopic (exact) mass is 288 g/mol. The maximum atomic E-state index is 11.0. The van der Waals surface area contributed by atoms with Crippen molar-refractivity contribution in [1.29, 1.82) is 0 Å². The zero-order valence-corrected chi connectivity index (χ0v) is 8.12. The molecule has 0 heterocycles. The summed E-state index contributed by atoms with van der Waals surface area (Å²) < 4.78 is -0.865. The number of hydrogen-bond acceptors (Lipinski definition) is 5. The Kier molecular flexibility index (Phi) is 3.05. The molecule has 5 nitrogen and oxygen atoms in total. The van der Waals surface area contributed by atoms with Crippen LogP contribution in [0.25, 0.3) is 0 Å². The molecule has 0 radical (unpaired) electrons. The Labute approximate surface area is 82.2 Å². The topological polar surface area (TPSA) is 98.0 Å². The van der Waals surface area contributed by atoms with Gasteiger partial charge in [0.15, 0.2) is 5.78 Å². The minimum absolute atomic E-state index is 0.652. The van der Waals surface area contributed by atoms with Gasteiger partial charge in [0.2, 0.25) is 0 Å². The highest BCUT2D eigenvalue weighted by atomic mass is 127. The normalized spacial score (nSPS) is 49.4. The van der Waals surface area contributed by atoms with Crippen molar-refractivity contribution in [2.45, 2.75) is 28.3 Å². The van der Waals surface area contributed by atoms with Crippen LogP contribution in [-0.4, -0.2) is 54.5 Å². The minimum atomic E-state index is -1.59. The summed E-state index contributed by atoms with van der Waals surface area (Å²) in [6.07, 6.45) is -5.94. The van der Waals surface area contributed by atoms with Crippen LogP contribution in [0, 0.1) is 0 Å². The van der Waals surface area contributed by atoms with Crippen LogP contribution in [0.5, 0.6) is 0 Å². The third-order valence-electron chi connectivity index (χ3n) is 1.89. The summed E-state index contributed by atoms with van der Waals surface area (Å²) in [6.45, 7) is 0. The Balaban J connectivity index is 2.83. The third-order valence-corrected chi connectivity index (χ3v) is 3.24. The average Bonchev–Trinajstić information content (AvgIpc) is 2.08. The number of halogens is 1. The molecule has 4 N–H and O–H groups in total. The van der Waals surface area contributed by atoms with Crippen molar-refractivity contribution < 1.29 is 25.2 Å². The zero-order chi connectivity index (χ0) is 9.46. The van der Waals surface area contributed by atoms with Crippen molar-refractivity contribution in [3.8, 4) is 0 Å². The van der Waals surface area contributed by atoms with Gasteiger partial charge in [0.25, 0.3) is 0 Å². The number of aliphatic hydroxyl groups is 4. The number of rotatable bonds is 0. The highest BCUT2D eigenvalue weighted by Gasteiger charge is 2.46. The lowest BCUT2D eigenvalue weighted by Crippen LogP contribution is -2.59. The molecular weight excluding hydrogens is 279 g/mol. The number of hydrogen-bond donors (Lipinski definition) is 4. The van der Waals surface area contributed by atoms with E-state index in [1.54, 1.807) is 22.6 Å². The Morgan fingerprint density at radius 2 is 1.50 bits per heavy atom. The van der Waals surface area contributed by atoms with Crippen LogP contribution in [0.1, 0.15) is 0 Å². The number of aliphatic hydroxyl groups excluding tert-OH is 4. The molecule has 0 aromatic rings. The summed E-state index contributed by atoms with van der Waals surface area (Å²) in [5.41, 5.74) is 0. The molecular formula is C6H9IO5. The summed E-state index contributed by atoms with van der Waals surface area (Å²) in [5, 5.41) is 36.3. The standard InChI is InChI=1S/C6H9IO5/c7-1-2(8)4(10)6(12)5(11)3(1)9/h1-2,4-6,8,10-12H/t1-,2-,4+,5-,6-/m0/s1. The van der Waals surface area contributed by atoms with E-state index in [9.17, 15) is 4.79 Å². The van der Waals surface area contributed by atoms with E-state index < -0.39 is 34.1 Å². The number of carbonyl (C=O) groups excluding carboxylic acids is 1. The quantitative estimate of drug-likeness (QED) is 0.300. The predicted molar refractivity (Wildman–Crippen MR) is 46.8 cm³/mol. The van der Waals surface area contributed by atoms with Gasteiger partial charge in [-0.3, -0.25) is 4.79 Å². The minimum Gasteiger partial charge on any atom is -0.389 e. The highest BCUT2D eigenvalue weighted by Crippen LogP contribution is 2.23. The molecule has 0 aliphatic heterocycles. The van der Waals surface area contributed by atoms with Crippen LogP contribution in [0.3, 0.4) is 0 Å². The molecule has 12 heavy (non-hydrogen) atoms. The van der Waals surface area contributed by atoms with Crippen LogP contribution in [0.4, 0.5) is 0 Å². The molecule has 0 saturated heterocycles. The molecule has 1 saturated carbocycles. The molecule has 0 spiro atoms. The second-order valence-corrected chi connectivity index (χ2v) is 4.06. The van der Waals surface area contributed by atoms with E-state index in [1.807, 2.05) is 0 Å². The fraction of sp³-hybridized carbons (Fsp3) is 0.833. The van der Waals surface area contributed by atoms with Crippen molar-refractivity contribution in [3.05, 3.63) is 0 Å². The summed E-state index contributed by atoms with van der Waals surface area (Å²) >= 11 is 1.62. The summed E-state index contributed by atoms with van der Waals surface area (Å²) in [5.74, 6) is -0.652. The first kappa shape index (κ1) is 10.3. The van der Waals surface area contributed by atoms with E-state index >= 15 is 0 Å². The fourth-order valence-electron chi connectivity index (χ4n) is 1.06. The molecule has 1 aliphatic rings. The van der Waals surface area contributed by atoms with E-state index in [-0.39, 0.29) is 0 Å². The molecule has 0 aromatic heterocycles. The van der Waals surface area contributed by atoms with Crippen LogP contribution < -0.4 is 0 Å². The second-order valence-electron chi connectivity index (χ2n) is 2.72. The Bertz CT molecular complexity index is 178. The van der Waals surface area contributed by atoms with Gasteiger partial charge < -0.3 is 20.4 Å². The van der Waals surface area contributed by atoms with Gasteiger partial charge in [0.1, 0.15) is 28.3 Å². The van der Waals surface area contributed by atoms with E-state index in [0.29, 0.717) is 0 Å². The van der Waals surface area contributed by atoms with Crippen molar-refractivity contribution in [2.75, 3.05) is 0 Å². The molecule has 5 atom stereocenters. The Morgan fingerprint density at radius 3 is 2.00 bits per heavy atom. The average molecular weight is 288 g/mol. The van der Waals surface area contributed by atoms with Gasteiger partial charge >= 0.3 is 0 Å². The van der Waals surface area contributed by atoms with Crippen LogP contribution in [0.15, 0.2) is 0 Å². The van der Waals surface area contributed by atoms with Gasteiger partial charge in [0, 0.05) is 0 Å². The van der Waals surface area contributed by atoms with Gasteiger partial charge in [-0.25, -0.2) is 0 Å². The lowest BCUT2D eigenvalue weighted by Gasteiger charge is -2.34. The van der Waals surface area contributed by atoms with Gasteiger partial charge in [-0.1, -0.05) is 22.6 Å². The van der Waals surface area contributed by atoms with Crippen LogP contribution in [0.2, 0.25) is 0 Å². The lowest BCUT2D eigenvalue weighted by molar-refractivity contribution is -0.159. The van der Waals surface area contributed by atoms with Crippen molar-refractivity contribution in [1.82, 2.24) is 0 Å². The SMILES string of the molecule is O=C1[C@@H](I)[C@H](O)[C@@H](O)[C@H](O)[C@H]1O. The number of Topliss-reactive ketones (excluding diaryl/α,β-unsaturated/α-hetero) is 1. The number of carbonyl (C=O) groups is 1. The van der Waals surface area contributed by atoms with Crippen molar-refractivity contribution >= 4 is 28.4 Å². The van der Waals surface area contributed by atoms with Gasteiger partial charge in [0.05, 0.1) is 0 Å². The van der Waals surface area contributed by atoms with E-state index in [4.69, 9.17) is 20.4 Å². The van der Waals surface area contributed by atoms with Crippen molar-refractivity contribution in [3.63, 3.8) is 0 Å². The molecule has 0 bridgehead atoms. The maximum Gasteiger partial charge on any atom is 0.179 e.